The molecule has 2 aliphatic heterocycles. The molecule has 6 nitrogen and oxygen atoms in total. The number of anilines is 1. The molecular weight excluding hydrogens is 562 g/mol. The Morgan fingerprint density at radius 1 is 0.860 bits per heavy atom. The third-order valence-electron chi connectivity index (χ3n) is 9.13. The van der Waals surface area contributed by atoms with Crippen molar-refractivity contribution in [2.75, 3.05) is 19.1 Å². The molecule has 0 saturated carbocycles. The van der Waals surface area contributed by atoms with Crippen molar-refractivity contribution < 1.29 is 23.9 Å². The molecule has 4 aromatic rings. The van der Waals surface area contributed by atoms with Crippen molar-refractivity contribution in [2.24, 2.45) is 5.41 Å². The van der Waals surface area contributed by atoms with Crippen molar-refractivity contribution in [1.29, 1.82) is 0 Å². The first-order chi connectivity index (χ1) is 20.8. The van der Waals surface area contributed by atoms with Crippen LogP contribution in [0.1, 0.15) is 53.7 Å². The first-order valence-electron chi connectivity index (χ1n) is 14.1. The number of rotatable bonds is 5. The molecule has 1 saturated heterocycles. The summed E-state index contributed by atoms with van der Waals surface area (Å²) >= 11 is 6.20. The summed E-state index contributed by atoms with van der Waals surface area (Å²) in [7, 11) is 3.06. The summed E-state index contributed by atoms with van der Waals surface area (Å²) in [5.41, 5.74) is 2.82. The average molecular weight is 590 g/mol. The molecule has 214 valence electrons. The lowest BCUT2D eigenvalue weighted by Gasteiger charge is -2.37. The van der Waals surface area contributed by atoms with Gasteiger partial charge in [-0.15, -0.1) is 0 Å². The van der Waals surface area contributed by atoms with E-state index in [9.17, 15) is 14.4 Å². The second-order valence-electron chi connectivity index (χ2n) is 11.2. The summed E-state index contributed by atoms with van der Waals surface area (Å²) in [5, 5.41) is 0.502. The molecule has 7 rings (SSSR count). The normalized spacial score (nSPS) is 21.0. The van der Waals surface area contributed by atoms with Gasteiger partial charge in [0.05, 0.1) is 20.3 Å². The number of hydrogen-bond donors (Lipinski definition) is 0. The summed E-state index contributed by atoms with van der Waals surface area (Å²) in [6.07, 6.45) is 3.88. The van der Waals surface area contributed by atoms with E-state index in [1.54, 1.807) is 60.7 Å². The molecule has 1 aliphatic carbocycles. The van der Waals surface area contributed by atoms with Crippen molar-refractivity contribution in [2.45, 2.75) is 24.9 Å². The number of para-hydroxylation sites is 1. The Morgan fingerprint density at radius 2 is 1.56 bits per heavy atom. The van der Waals surface area contributed by atoms with Crippen LogP contribution in [0.4, 0.5) is 5.69 Å². The van der Waals surface area contributed by atoms with Crippen LogP contribution in [-0.4, -0.2) is 43.7 Å². The van der Waals surface area contributed by atoms with E-state index < -0.39 is 23.4 Å². The molecule has 0 bridgehead atoms. The predicted octanol–water partition coefficient (Wildman–Crippen LogP) is 6.98. The molecule has 3 aliphatic rings. The summed E-state index contributed by atoms with van der Waals surface area (Å²) in [6.45, 7) is 2.01. The summed E-state index contributed by atoms with van der Waals surface area (Å²) in [4.78, 5) is 46.5. The third-order valence-corrected chi connectivity index (χ3v) is 9.38. The Balaban J connectivity index is 1.58. The van der Waals surface area contributed by atoms with Crippen molar-refractivity contribution in [3.8, 4) is 11.5 Å². The largest absolute Gasteiger partial charge is 0.493 e. The van der Waals surface area contributed by atoms with Crippen LogP contribution in [0.5, 0.6) is 11.5 Å². The highest BCUT2D eigenvalue weighted by Crippen LogP contribution is 2.62. The van der Waals surface area contributed by atoms with Gasteiger partial charge in [0.2, 0.25) is 0 Å². The lowest BCUT2D eigenvalue weighted by Crippen LogP contribution is -2.48. The highest BCUT2D eigenvalue weighted by Gasteiger charge is 2.72. The van der Waals surface area contributed by atoms with Gasteiger partial charge >= 0.3 is 0 Å². The van der Waals surface area contributed by atoms with E-state index in [1.165, 1.54) is 14.2 Å². The number of hydrogen-bond acceptors (Lipinski definition) is 6. The molecule has 3 atom stereocenters. The fraction of sp³-hybridized carbons (Fsp3) is 0.194. The van der Waals surface area contributed by atoms with Crippen LogP contribution in [0.2, 0.25) is 5.02 Å². The van der Waals surface area contributed by atoms with E-state index in [-0.39, 0.29) is 17.3 Å². The van der Waals surface area contributed by atoms with Gasteiger partial charge in [-0.3, -0.25) is 14.4 Å². The number of ketones is 3. The molecule has 0 N–H and O–H groups in total. The minimum absolute atomic E-state index is 0.230. The molecule has 0 aromatic heterocycles. The molecule has 43 heavy (non-hydrogen) atoms. The van der Waals surface area contributed by atoms with Crippen molar-refractivity contribution in [3.05, 3.63) is 129 Å². The zero-order valence-electron chi connectivity index (χ0n) is 23.8. The van der Waals surface area contributed by atoms with Gasteiger partial charge in [0, 0.05) is 38.9 Å². The number of nitrogens with zero attached hydrogens (tertiary/aromatic N) is 1. The van der Waals surface area contributed by atoms with Crippen LogP contribution in [0.25, 0.3) is 6.08 Å². The maximum Gasteiger partial charge on any atom is 0.185 e. The number of carbonyl (C=O) groups excluding carboxylic acids is 3. The molecule has 0 amide bonds. The first kappa shape index (κ1) is 27.2. The van der Waals surface area contributed by atoms with Gasteiger partial charge in [-0.1, -0.05) is 71.8 Å². The van der Waals surface area contributed by atoms with E-state index in [4.69, 9.17) is 21.1 Å². The topological polar surface area (TPSA) is 72.9 Å². The van der Waals surface area contributed by atoms with Crippen molar-refractivity contribution in [3.63, 3.8) is 0 Å². The van der Waals surface area contributed by atoms with Gasteiger partial charge < -0.3 is 14.4 Å². The van der Waals surface area contributed by atoms with Crippen LogP contribution in [0, 0.1) is 12.3 Å². The number of fused-ring (bicyclic) bond motifs is 5. The van der Waals surface area contributed by atoms with Crippen LogP contribution in [0.15, 0.2) is 91.0 Å². The first-order valence-corrected chi connectivity index (χ1v) is 14.5. The third kappa shape index (κ3) is 3.69. The minimum Gasteiger partial charge on any atom is -0.493 e. The van der Waals surface area contributed by atoms with E-state index >= 15 is 0 Å². The number of carbonyl (C=O) groups is 3. The van der Waals surface area contributed by atoms with Gasteiger partial charge in [-0.05, 0) is 55.0 Å². The highest BCUT2D eigenvalue weighted by atomic mass is 35.5. The van der Waals surface area contributed by atoms with Gasteiger partial charge in [0.25, 0.3) is 0 Å². The lowest BCUT2D eigenvalue weighted by atomic mass is 9.64. The van der Waals surface area contributed by atoms with Crippen LogP contribution in [-0.2, 0) is 0 Å². The molecule has 1 spiro atoms. The van der Waals surface area contributed by atoms with Gasteiger partial charge in [-0.2, -0.15) is 0 Å². The maximum absolute atomic E-state index is 14.9. The second-order valence-corrected chi connectivity index (χ2v) is 11.7. The van der Waals surface area contributed by atoms with E-state index in [0.717, 1.165) is 16.8 Å². The molecule has 7 heteroatoms. The number of aryl methyl sites for hydroxylation is 1. The minimum atomic E-state index is -1.64. The average Bonchev–Trinajstić information content (AvgIpc) is 3.46. The number of ether oxygens (including phenoxy) is 2. The van der Waals surface area contributed by atoms with Crippen LogP contribution < -0.4 is 14.4 Å². The number of benzene rings is 4. The smallest absolute Gasteiger partial charge is 0.185 e. The standard InChI is InChI=1S/C36H28ClNO5/c1-20-11-17-27-22(19-20)14-18-29-36(34(40)24-7-4-5-8-25(24)35(36)41)30(26-9-6-10-28(42-2)33(26)43-3)31(38(27)29)32(39)21-12-15-23(37)16-13-21/h4-19,29-31H,1-3H3/t29-,30+,31-/m0/s1. The zero-order chi connectivity index (χ0) is 30.0. The zero-order valence-corrected chi connectivity index (χ0v) is 24.6. The van der Waals surface area contributed by atoms with E-state index in [2.05, 4.69) is 0 Å². The number of Topliss-reactive ketones (excluding diaryl/α,β-unsaturated/α-hetero) is 3. The lowest BCUT2D eigenvalue weighted by molar-refractivity contribution is 0.0664. The summed E-state index contributed by atoms with van der Waals surface area (Å²) in [6, 6.07) is 23.4. The van der Waals surface area contributed by atoms with E-state index in [1.807, 2.05) is 48.2 Å². The fourth-order valence-corrected chi connectivity index (χ4v) is 7.51. The van der Waals surface area contributed by atoms with Crippen LogP contribution in [0.3, 0.4) is 0 Å². The number of methoxy groups -OCH3 is 2. The molecule has 4 aromatic carbocycles. The maximum atomic E-state index is 14.9. The monoisotopic (exact) mass is 589 g/mol. The van der Waals surface area contributed by atoms with Crippen molar-refractivity contribution in [1.82, 2.24) is 0 Å². The quantitative estimate of drug-likeness (QED) is 0.185. The second kappa shape index (κ2) is 9.96. The van der Waals surface area contributed by atoms with Gasteiger partial charge in [0.15, 0.2) is 28.8 Å². The van der Waals surface area contributed by atoms with Gasteiger partial charge in [0.1, 0.15) is 11.5 Å². The predicted molar refractivity (Wildman–Crippen MR) is 166 cm³/mol. The highest BCUT2D eigenvalue weighted by molar-refractivity contribution is 6.32. The number of halogens is 1. The summed E-state index contributed by atoms with van der Waals surface area (Å²) < 4.78 is 11.6. The van der Waals surface area contributed by atoms with Crippen molar-refractivity contribution >= 4 is 40.7 Å². The Hall–Kier alpha value is -4.68. The molecule has 0 unspecified atom stereocenters. The Morgan fingerprint density at radius 3 is 2.21 bits per heavy atom. The molecule has 2 heterocycles. The summed E-state index contributed by atoms with van der Waals surface area (Å²) in [5.74, 6) is -0.927. The van der Waals surface area contributed by atoms with Crippen LogP contribution >= 0.6 is 11.6 Å². The SMILES string of the molecule is COc1cccc([C@@H]2[C@@H](C(=O)c3ccc(Cl)cc3)N3c4ccc(C)cc4C=C[C@H]3C23C(=O)c2ccccc2C3=O)c1OC. The van der Waals surface area contributed by atoms with Gasteiger partial charge in [-0.25, -0.2) is 0 Å². The Labute approximate surface area is 254 Å². The molecule has 1 fully saturated rings. The Bertz CT molecular complexity index is 1830. The molecule has 0 radical (unpaired) electrons. The fourth-order valence-electron chi connectivity index (χ4n) is 7.38. The van der Waals surface area contributed by atoms with E-state index in [0.29, 0.717) is 38.8 Å². The Kier molecular flexibility index (Phi) is 6.29. The molecular formula is C36H28ClNO5.